The summed E-state index contributed by atoms with van der Waals surface area (Å²) < 4.78 is 12.4. The van der Waals surface area contributed by atoms with Crippen molar-refractivity contribution in [3.63, 3.8) is 0 Å². The van der Waals surface area contributed by atoms with Crippen molar-refractivity contribution in [2.24, 2.45) is 0 Å². The van der Waals surface area contributed by atoms with E-state index in [0.29, 0.717) is 17.3 Å². The number of hydrogen-bond donors (Lipinski definition) is 1. The Morgan fingerprint density at radius 2 is 1.74 bits per heavy atom. The van der Waals surface area contributed by atoms with E-state index in [0.717, 1.165) is 22.2 Å². The highest BCUT2D eigenvalue weighted by atomic mass is 32.1. The van der Waals surface area contributed by atoms with Crippen LogP contribution in [0.15, 0.2) is 42.7 Å². The van der Waals surface area contributed by atoms with Gasteiger partial charge in [0.05, 0.1) is 25.4 Å². The highest BCUT2D eigenvalue weighted by Crippen LogP contribution is 2.37. The van der Waals surface area contributed by atoms with Crippen molar-refractivity contribution in [3.8, 4) is 11.5 Å². The maximum Gasteiger partial charge on any atom is 0.162 e. The Balaban J connectivity index is 2.17. The van der Waals surface area contributed by atoms with Crippen molar-refractivity contribution in [2.45, 2.75) is 6.92 Å². The fourth-order valence-corrected chi connectivity index (χ4v) is 2.70. The second kappa shape index (κ2) is 6.34. The Hall–Kier alpha value is -2.47. The minimum Gasteiger partial charge on any atom is -0.493 e. The van der Waals surface area contributed by atoms with Crippen LogP contribution in [0.4, 0.5) is 11.5 Å². The van der Waals surface area contributed by atoms with Crippen LogP contribution in [0.3, 0.4) is 0 Å². The van der Waals surface area contributed by atoms with Gasteiger partial charge in [0.15, 0.2) is 17.3 Å². The fraction of sp³-hybridized carbons (Fsp3) is 0.176. The van der Waals surface area contributed by atoms with Crippen molar-refractivity contribution < 1.29 is 9.47 Å². The summed E-state index contributed by atoms with van der Waals surface area (Å²) in [6.45, 7) is 2.04. The lowest BCUT2D eigenvalue weighted by Gasteiger charge is -2.19. The number of hydrogen-bond acceptors (Lipinski definition) is 6. The van der Waals surface area contributed by atoms with E-state index in [4.69, 9.17) is 9.47 Å². The van der Waals surface area contributed by atoms with Gasteiger partial charge in [-0.2, -0.15) is 0 Å². The average Bonchev–Trinajstić information content (AvgIpc) is 2.59. The molecule has 0 amide bonds. The van der Waals surface area contributed by atoms with E-state index < -0.39 is 0 Å². The van der Waals surface area contributed by atoms with Gasteiger partial charge in [0, 0.05) is 11.5 Å². The zero-order valence-corrected chi connectivity index (χ0v) is 14.0. The second-order valence-corrected chi connectivity index (χ2v) is 5.47. The fourth-order valence-electron chi connectivity index (χ4n) is 2.42. The van der Waals surface area contributed by atoms with Gasteiger partial charge in [-0.1, -0.05) is 24.9 Å². The molecule has 3 rings (SSSR count). The van der Waals surface area contributed by atoms with Crippen molar-refractivity contribution in [1.29, 1.82) is 0 Å². The third-order valence-electron chi connectivity index (χ3n) is 3.57. The molecule has 0 radical (unpaired) electrons. The minimum absolute atomic E-state index is 0.627. The van der Waals surface area contributed by atoms with Crippen molar-refractivity contribution >= 4 is 35.2 Å². The molecule has 0 aliphatic heterocycles. The number of thiol groups is 1. The molecule has 0 fully saturated rings. The number of fused-ring (bicyclic) bond motifs is 1. The molecule has 23 heavy (non-hydrogen) atoms. The van der Waals surface area contributed by atoms with Crippen molar-refractivity contribution in [3.05, 3.63) is 48.3 Å². The molecular formula is C17H17N3O2S. The summed E-state index contributed by atoms with van der Waals surface area (Å²) in [6.07, 6.45) is 1.52. The molecule has 0 bridgehead atoms. The number of rotatable bonds is 4. The van der Waals surface area contributed by atoms with Crippen LogP contribution in [0.1, 0.15) is 5.56 Å². The molecule has 6 heteroatoms. The minimum atomic E-state index is 0.627. The van der Waals surface area contributed by atoms with Crippen LogP contribution in [-0.4, -0.2) is 24.2 Å². The second-order valence-electron chi connectivity index (χ2n) is 5.07. The number of ether oxygens (including phenoxy) is 2. The Kier molecular flexibility index (Phi) is 4.25. The van der Waals surface area contributed by atoms with E-state index in [1.807, 2.05) is 43.3 Å². The molecule has 0 unspecified atom stereocenters. The van der Waals surface area contributed by atoms with Crippen LogP contribution in [-0.2, 0) is 0 Å². The lowest BCUT2D eigenvalue weighted by atomic mass is 10.2. The smallest absolute Gasteiger partial charge is 0.162 e. The molecule has 5 nitrogen and oxygen atoms in total. The van der Waals surface area contributed by atoms with Gasteiger partial charge in [-0.3, -0.25) is 4.31 Å². The zero-order valence-electron chi connectivity index (χ0n) is 13.1. The van der Waals surface area contributed by atoms with E-state index in [-0.39, 0.29) is 0 Å². The molecule has 118 valence electrons. The number of methoxy groups -OCH3 is 2. The summed E-state index contributed by atoms with van der Waals surface area (Å²) in [5, 5.41) is 0.835. The summed E-state index contributed by atoms with van der Waals surface area (Å²) in [5.41, 5.74) is 2.85. The van der Waals surface area contributed by atoms with Crippen LogP contribution in [0.2, 0.25) is 0 Å². The number of aromatic nitrogens is 2. The largest absolute Gasteiger partial charge is 0.493 e. The van der Waals surface area contributed by atoms with E-state index in [9.17, 15) is 0 Å². The number of aryl methyl sites for hydroxylation is 1. The third-order valence-corrected chi connectivity index (χ3v) is 3.99. The van der Waals surface area contributed by atoms with E-state index in [1.165, 1.54) is 6.33 Å². The van der Waals surface area contributed by atoms with Gasteiger partial charge < -0.3 is 9.47 Å². The predicted molar refractivity (Wildman–Crippen MR) is 94.9 cm³/mol. The maximum atomic E-state index is 5.38. The molecular weight excluding hydrogens is 310 g/mol. The Morgan fingerprint density at radius 3 is 2.43 bits per heavy atom. The molecule has 0 aliphatic carbocycles. The molecule has 3 aromatic rings. The lowest BCUT2D eigenvalue weighted by Crippen LogP contribution is -2.06. The molecule has 1 aromatic heterocycles. The van der Waals surface area contributed by atoms with Gasteiger partial charge >= 0.3 is 0 Å². The number of nitrogens with zero attached hydrogens (tertiary/aromatic N) is 3. The summed E-state index contributed by atoms with van der Waals surface area (Å²) in [7, 11) is 3.20. The molecule has 0 saturated heterocycles. The molecule has 0 saturated carbocycles. The number of anilines is 2. The monoisotopic (exact) mass is 327 g/mol. The first kappa shape index (κ1) is 15.4. The summed E-state index contributed by atoms with van der Waals surface area (Å²) in [6, 6.07) is 11.7. The summed E-state index contributed by atoms with van der Waals surface area (Å²) in [4.78, 5) is 8.70. The van der Waals surface area contributed by atoms with Crippen molar-refractivity contribution in [2.75, 3.05) is 18.5 Å². The van der Waals surface area contributed by atoms with Crippen LogP contribution in [0.25, 0.3) is 10.9 Å². The highest BCUT2D eigenvalue weighted by molar-refractivity contribution is 7.82. The van der Waals surface area contributed by atoms with Crippen LogP contribution >= 0.6 is 12.8 Å². The number of benzene rings is 2. The topological polar surface area (TPSA) is 47.5 Å². The van der Waals surface area contributed by atoms with E-state index in [1.54, 1.807) is 18.5 Å². The van der Waals surface area contributed by atoms with E-state index >= 15 is 0 Å². The summed E-state index contributed by atoms with van der Waals surface area (Å²) in [5.74, 6) is 1.94. The molecule has 0 aliphatic rings. The van der Waals surface area contributed by atoms with Crippen molar-refractivity contribution in [1.82, 2.24) is 9.97 Å². The standard InChI is InChI=1S/C17H17N3O2S/c1-11-5-4-6-12(7-11)20(23)17-13-8-15(21-2)16(22-3)9-14(13)18-10-19-17/h4-10,23H,1-3H3. The predicted octanol–water partition coefficient (Wildman–Crippen LogP) is 3.94. The zero-order chi connectivity index (χ0) is 16.4. The first-order valence-corrected chi connectivity index (χ1v) is 7.46. The highest BCUT2D eigenvalue weighted by Gasteiger charge is 2.15. The van der Waals surface area contributed by atoms with Crippen LogP contribution in [0.5, 0.6) is 11.5 Å². The van der Waals surface area contributed by atoms with Gasteiger partial charge in [0.2, 0.25) is 0 Å². The average molecular weight is 327 g/mol. The lowest BCUT2D eigenvalue weighted by molar-refractivity contribution is 0.356. The quantitative estimate of drug-likeness (QED) is 0.736. The van der Waals surface area contributed by atoms with Crippen LogP contribution < -0.4 is 13.8 Å². The maximum absolute atomic E-state index is 5.38. The van der Waals surface area contributed by atoms with Gasteiger partial charge in [-0.25, -0.2) is 9.97 Å². The Labute approximate surface area is 140 Å². The molecule has 0 atom stereocenters. The van der Waals surface area contributed by atoms with Gasteiger partial charge in [-0.15, -0.1) is 0 Å². The van der Waals surface area contributed by atoms with Crippen LogP contribution in [0, 0.1) is 6.92 Å². The molecule has 2 aromatic carbocycles. The third kappa shape index (κ3) is 2.90. The van der Waals surface area contributed by atoms with Gasteiger partial charge in [0.1, 0.15) is 6.33 Å². The Bertz CT molecular complexity index is 854. The normalized spacial score (nSPS) is 10.6. The first-order chi connectivity index (χ1) is 11.1. The van der Waals surface area contributed by atoms with Gasteiger partial charge in [0.25, 0.3) is 0 Å². The summed E-state index contributed by atoms with van der Waals surface area (Å²) >= 11 is 4.62. The molecule has 0 spiro atoms. The van der Waals surface area contributed by atoms with Gasteiger partial charge in [-0.05, 0) is 30.7 Å². The Morgan fingerprint density at radius 1 is 1.00 bits per heavy atom. The first-order valence-electron chi connectivity index (χ1n) is 7.06. The van der Waals surface area contributed by atoms with E-state index in [2.05, 4.69) is 22.8 Å². The molecule has 1 heterocycles. The molecule has 0 N–H and O–H groups in total. The SMILES string of the molecule is COc1cc2ncnc(N(S)c3cccc(C)c3)c2cc1OC.